The fraction of sp³-hybridized carbons (Fsp3) is 0.478. The Morgan fingerprint density at radius 3 is 2.52 bits per heavy atom. The molecule has 0 unspecified atom stereocenters. The molecule has 27 heavy (non-hydrogen) atoms. The SMILES string of the molecule is O=C1CC2(CCN(Cc3cccnc3)CC2)CN1CCCc1ccccc1. The Bertz CT molecular complexity index is 739. The lowest BCUT2D eigenvalue weighted by Crippen LogP contribution is -2.41. The number of likely N-dealkylation sites (tertiary alicyclic amines) is 2. The molecule has 142 valence electrons. The van der Waals surface area contributed by atoms with Crippen molar-refractivity contribution in [3.05, 3.63) is 66.0 Å². The Kier molecular flexibility index (Phi) is 5.53. The molecule has 0 saturated carbocycles. The summed E-state index contributed by atoms with van der Waals surface area (Å²) in [4.78, 5) is 21.4. The topological polar surface area (TPSA) is 36.4 Å². The van der Waals surface area contributed by atoms with Crippen LogP contribution in [0.3, 0.4) is 0 Å². The van der Waals surface area contributed by atoms with Crippen molar-refractivity contribution in [1.82, 2.24) is 14.8 Å². The maximum atomic E-state index is 12.6. The normalized spacial score (nSPS) is 19.7. The number of aryl methyl sites for hydroxylation is 1. The Labute approximate surface area is 162 Å². The van der Waals surface area contributed by atoms with Crippen molar-refractivity contribution in [2.45, 2.75) is 38.6 Å². The Balaban J connectivity index is 1.25. The molecule has 2 fully saturated rings. The number of aromatic nitrogens is 1. The van der Waals surface area contributed by atoms with Gasteiger partial charge in [-0.15, -0.1) is 0 Å². The molecule has 1 amide bonds. The molecule has 0 bridgehead atoms. The molecule has 1 spiro atoms. The summed E-state index contributed by atoms with van der Waals surface area (Å²) in [5.74, 6) is 0.365. The zero-order chi connectivity index (χ0) is 18.5. The van der Waals surface area contributed by atoms with E-state index in [1.54, 1.807) is 0 Å². The predicted molar refractivity (Wildman–Crippen MR) is 107 cm³/mol. The first kappa shape index (κ1) is 18.2. The highest BCUT2D eigenvalue weighted by atomic mass is 16.2. The third-order valence-electron chi connectivity index (χ3n) is 6.19. The van der Waals surface area contributed by atoms with Crippen LogP contribution in [0.4, 0.5) is 0 Å². The van der Waals surface area contributed by atoms with Gasteiger partial charge in [0.25, 0.3) is 0 Å². The molecule has 1 aromatic carbocycles. The molecular formula is C23H29N3O. The fourth-order valence-electron chi connectivity index (χ4n) is 4.57. The van der Waals surface area contributed by atoms with Gasteiger partial charge in [-0.1, -0.05) is 36.4 Å². The maximum absolute atomic E-state index is 12.6. The molecule has 2 saturated heterocycles. The smallest absolute Gasteiger partial charge is 0.223 e. The van der Waals surface area contributed by atoms with E-state index >= 15 is 0 Å². The monoisotopic (exact) mass is 363 g/mol. The summed E-state index contributed by atoms with van der Waals surface area (Å²) in [5.41, 5.74) is 2.86. The highest BCUT2D eigenvalue weighted by molar-refractivity contribution is 5.79. The van der Waals surface area contributed by atoms with Crippen LogP contribution < -0.4 is 0 Å². The van der Waals surface area contributed by atoms with Gasteiger partial charge in [0, 0.05) is 38.4 Å². The van der Waals surface area contributed by atoms with Crippen LogP contribution in [0.5, 0.6) is 0 Å². The lowest BCUT2D eigenvalue weighted by atomic mass is 9.77. The van der Waals surface area contributed by atoms with Crippen LogP contribution in [0.1, 0.15) is 36.8 Å². The second-order valence-electron chi connectivity index (χ2n) is 8.22. The van der Waals surface area contributed by atoms with Gasteiger partial charge in [0.1, 0.15) is 0 Å². The van der Waals surface area contributed by atoms with Crippen LogP contribution in [0.25, 0.3) is 0 Å². The number of nitrogens with zero attached hydrogens (tertiary/aromatic N) is 3. The van der Waals surface area contributed by atoms with Gasteiger partial charge in [0.15, 0.2) is 0 Å². The number of carbonyl (C=O) groups is 1. The zero-order valence-electron chi connectivity index (χ0n) is 16.0. The van der Waals surface area contributed by atoms with Gasteiger partial charge < -0.3 is 4.90 Å². The van der Waals surface area contributed by atoms with E-state index in [-0.39, 0.29) is 5.41 Å². The summed E-state index contributed by atoms with van der Waals surface area (Å²) in [7, 11) is 0. The van der Waals surface area contributed by atoms with E-state index in [9.17, 15) is 4.79 Å². The fourth-order valence-corrected chi connectivity index (χ4v) is 4.57. The third kappa shape index (κ3) is 4.56. The molecule has 4 rings (SSSR count). The number of carbonyl (C=O) groups excluding carboxylic acids is 1. The Hall–Kier alpha value is -2.20. The lowest BCUT2D eigenvalue weighted by molar-refractivity contribution is -0.127. The molecule has 1 aromatic heterocycles. The van der Waals surface area contributed by atoms with E-state index in [1.807, 2.05) is 18.5 Å². The van der Waals surface area contributed by atoms with Crippen LogP contribution in [0.2, 0.25) is 0 Å². The number of piperidine rings is 1. The highest BCUT2D eigenvalue weighted by Gasteiger charge is 2.44. The summed E-state index contributed by atoms with van der Waals surface area (Å²) < 4.78 is 0. The van der Waals surface area contributed by atoms with Crippen molar-refractivity contribution in [2.75, 3.05) is 26.2 Å². The number of pyridine rings is 1. The van der Waals surface area contributed by atoms with Crippen molar-refractivity contribution in [3.63, 3.8) is 0 Å². The number of hydrogen-bond acceptors (Lipinski definition) is 3. The number of amides is 1. The van der Waals surface area contributed by atoms with Crippen molar-refractivity contribution in [2.24, 2.45) is 5.41 Å². The third-order valence-corrected chi connectivity index (χ3v) is 6.19. The largest absolute Gasteiger partial charge is 0.342 e. The summed E-state index contributed by atoms with van der Waals surface area (Å²) >= 11 is 0. The summed E-state index contributed by atoms with van der Waals surface area (Å²) in [6.45, 7) is 4.99. The van der Waals surface area contributed by atoms with E-state index in [4.69, 9.17) is 0 Å². The molecule has 0 atom stereocenters. The van der Waals surface area contributed by atoms with Gasteiger partial charge in [0.2, 0.25) is 5.91 Å². The van der Waals surface area contributed by atoms with Crippen LogP contribution >= 0.6 is 0 Å². The minimum absolute atomic E-state index is 0.218. The summed E-state index contributed by atoms with van der Waals surface area (Å²) in [5, 5.41) is 0. The van der Waals surface area contributed by atoms with Gasteiger partial charge >= 0.3 is 0 Å². The zero-order valence-corrected chi connectivity index (χ0v) is 16.0. The molecule has 0 radical (unpaired) electrons. The summed E-state index contributed by atoms with van der Waals surface area (Å²) in [6, 6.07) is 14.7. The number of hydrogen-bond donors (Lipinski definition) is 0. The van der Waals surface area contributed by atoms with Crippen molar-refractivity contribution in [1.29, 1.82) is 0 Å². The van der Waals surface area contributed by atoms with Crippen LogP contribution in [-0.2, 0) is 17.8 Å². The van der Waals surface area contributed by atoms with Crippen molar-refractivity contribution in [3.8, 4) is 0 Å². The minimum Gasteiger partial charge on any atom is -0.342 e. The molecule has 4 nitrogen and oxygen atoms in total. The average molecular weight is 364 g/mol. The maximum Gasteiger partial charge on any atom is 0.223 e. The van der Waals surface area contributed by atoms with Gasteiger partial charge in [-0.3, -0.25) is 14.7 Å². The van der Waals surface area contributed by atoms with Gasteiger partial charge in [-0.2, -0.15) is 0 Å². The van der Waals surface area contributed by atoms with Crippen molar-refractivity contribution >= 4 is 5.91 Å². The van der Waals surface area contributed by atoms with E-state index in [0.29, 0.717) is 5.91 Å². The Morgan fingerprint density at radius 2 is 1.78 bits per heavy atom. The quantitative estimate of drug-likeness (QED) is 0.788. The van der Waals surface area contributed by atoms with Gasteiger partial charge in [-0.05, 0) is 61.4 Å². The summed E-state index contributed by atoms with van der Waals surface area (Å²) in [6.07, 6.45) is 8.90. The first-order valence-electron chi connectivity index (χ1n) is 10.2. The van der Waals surface area contributed by atoms with Gasteiger partial charge in [0.05, 0.1) is 0 Å². The molecule has 0 aliphatic carbocycles. The van der Waals surface area contributed by atoms with Crippen LogP contribution in [0.15, 0.2) is 54.9 Å². The standard InChI is InChI=1S/C23H29N3O/c27-22-16-23(19-26(22)13-5-9-20-6-2-1-3-7-20)10-14-25(15-11-23)18-21-8-4-12-24-17-21/h1-4,6-8,12,17H,5,9-11,13-16,18-19H2. The Morgan fingerprint density at radius 1 is 1.00 bits per heavy atom. The number of benzene rings is 1. The van der Waals surface area contributed by atoms with Crippen LogP contribution in [-0.4, -0.2) is 46.9 Å². The minimum atomic E-state index is 0.218. The molecule has 4 heteroatoms. The molecule has 2 aliphatic rings. The molecular weight excluding hydrogens is 334 g/mol. The van der Waals surface area contributed by atoms with E-state index in [1.165, 1.54) is 11.1 Å². The highest BCUT2D eigenvalue weighted by Crippen LogP contribution is 2.41. The first-order chi connectivity index (χ1) is 13.2. The lowest BCUT2D eigenvalue weighted by Gasteiger charge is -2.38. The number of rotatable bonds is 6. The first-order valence-corrected chi connectivity index (χ1v) is 10.2. The van der Waals surface area contributed by atoms with Crippen LogP contribution in [0, 0.1) is 5.41 Å². The second-order valence-corrected chi connectivity index (χ2v) is 8.22. The second kappa shape index (κ2) is 8.22. The predicted octanol–water partition coefficient (Wildman–Crippen LogP) is 3.53. The molecule has 2 aliphatic heterocycles. The van der Waals surface area contributed by atoms with E-state index in [0.717, 1.165) is 64.8 Å². The van der Waals surface area contributed by atoms with Gasteiger partial charge in [-0.25, -0.2) is 0 Å². The molecule has 3 heterocycles. The van der Waals surface area contributed by atoms with Crippen molar-refractivity contribution < 1.29 is 4.79 Å². The van der Waals surface area contributed by atoms with E-state index in [2.05, 4.69) is 51.2 Å². The molecule has 2 aromatic rings. The average Bonchev–Trinajstić information content (AvgIpc) is 3.01. The van der Waals surface area contributed by atoms with E-state index < -0.39 is 0 Å². The molecule has 0 N–H and O–H groups in total.